The van der Waals surface area contributed by atoms with E-state index in [-0.39, 0.29) is 40.4 Å². The average molecular weight is 351 g/mol. The van der Waals surface area contributed by atoms with Crippen LogP contribution >= 0.6 is 0 Å². The molecular weight excluding hydrogens is 325 g/mol. The van der Waals surface area contributed by atoms with Gasteiger partial charge in [0.05, 0.1) is 4.90 Å². The van der Waals surface area contributed by atoms with E-state index in [0.29, 0.717) is 12.1 Å². The molecule has 0 heterocycles. The molecule has 1 aromatic carbocycles. The second-order valence-electron chi connectivity index (χ2n) is 5.42. The Hall–Kier alpha value is -0.400. The van der Waals surface area contributed by atoms with E-state index in [1.54, 1.807) is 6.07 Å². The van der Waals surface area contributed by atoms with Gasteiger partial charge in [-0.3, -0.25) is 9.35 Å². The monoisotopic (exact) mass is 351 g/mol. The summed E-state index contributed by atoms with van der Waals surface area (Å²) in [6, 6.07) is 5.60. The predicted octanol–water partition coefficient (Wildman–Crippen LogP) is 3.36. The molecule has 1 aromatic rings. The van der Waals surface area contributed by atoms with Gasteiger partial charge in [0.15, 0.2) is 0 Å². The SMILES string of the molecule is CCCCCCCCCC(=O)Nc1cccc(S(=O)(=O)O)c1.[NaH]. The zero-order valence-electron chi connectivity index (χ0n) is 13.0. The molecule has 0 atom stereocenters. The van der Waals surface area contributed by atoms with E-state index >= 15 is 0 Å². The van der Waals surface area contributed by atoms with E-state index in [9.17, 15) is 13.2 Å². The zero-order chi connectivity index (χ0) is 16.4. The fourth-order valence-corrected chi connectivity index (χ4v) is 2.73. The first kappa shape index (κ1) is 22.6. The number of hydrogen-bond acceptors (Lipinski definition) is 3. The Balaban J connectivity index is 0.00000484. The molecule has 0 unspecified atom stereocenters. The van der Waals surface area contributed by atoms with Crippen LogP contribution in [0.3, 0.4) is 0 Å². The molecule has 1 rings (SSSR count). The number of nitrogens with one attached hydrogen (secondary N) is 1. The summed E-state index contributed by atoms with van der Waals surface area (Å²) in [5.74, 6) is -0.138. The van der Waals surface area contributed by atoms with Gasteiger partial charge in [0.2, 0.25) is 5.91 Å². The minimum absolute atomic E-state index is 0. The van der Waals surface area contributed by atoms with Gasteiger partial charge in [0.1, 0.15) is 0 Å². The van der Waals surface area contributed by atoms with Gasteiger partial charge in [-0.1, -0.05) is 51.5 Å². The van der Waals surface area contributed by atoms with Crippen molar-refractivity contribution in [3.63, 3.8) is 0 Å². The Bertz CT molecular complexity index is 575. The molecule has 0 saturated carbocycles. The molecule has 0 bridgehead atoms. The topological polar surface area (TPSA) is 83.5 Å². The third-order valence-electron chi connectivity index (χ3n) is 3.42. The number of rotatable bonds is 10. The van der Waals surface area contributed by atoms with Crippen LogP contribution in [0.1, 0.15) is 58.3 Å². The van der Waals surface area contributed by atoms with Crippen molar-refractivity contribution in [3.05, 3.63) is 24.3 Å². The average Bonchev–Trinajstić information content (AvgIpc) is 2.46. The van der Waals surface area contributed by atoms with Crippen LogP contribution in [-0.4, -0.2) is 48.4 Å². The third kappa shape index (κ3) is 10.1. The van der Waals surface area contributed by atoms with E-state index < -0.39 is 10.1 Å². The zero-order valence-corrected chi connectivity index (χ0v) is 13.9. The Kier molecular flexibility index (Phi) is 11.8. The van der Waals surface area contributed by atoms with Crippen LogP contribution < -0.4 is 5.32 Å². The number of carbonyl (C=O) groups is 1. The second-order valence-corrected chi connectivity index (χ2v) is 6.84. The first-order valence-electron chi connectivity index (χ1n) is 7.81. The van der Waals surface area contributed by atoms with Crippen LogP contribution in [0.4, 0.5) is 5.69 Å². The summed E-state index contributed by atoms with van der Waals surface area (Å²) in [6.07, 6.45) is 8.39. The van der Waals surface area contributed by atoms with E-state index in [1.807, 2.05) is 0 Å². The Morgan fingerprint density at radius 3 is 2.30 bits per heavy atom. The predicted molar refractivity (Wildman–Crippen MR) is 94.6 cm³/mol. The molecule has 1 amide bonds. The summed E-state index contributed by atoms with van der Waals surface area (Å²) < 4.78 is 31.0. The van der Waals surface area contributed by atoms with Crippen LogP contribution in [0.25, 0.3) is 0 Å². The molecule has 0 fully saturated rings. The molecule has 0 aliphatic carbocycles. The van der Waals surface area contributed by atoms with E-state index in [1.165, 1.54) is 43.9 Å². The first-order chi connectivity index (χ1) is 10.4. The van der Waals surface area contributed by atoms with Crippen molar-refractivity contribution >= 4 is 51.3 Å². The van der Waals surface area contributed by atoms with Crippen LogP contribution in [0.2, 0.25) is 0 Å². The molecular formula is C16H26NNaO4S. The number of benzene rings is 1. The number of unbranched alkanes of at least 4 members (excludes halogenated alkanes) is 6. The minimum atomic E-state index is -4.24. The van der Waals surface area contributed by atoms with Gasteiger partial charge >= 0.3 is 29.6 Å². The second kappa shape index (κ2) is 12.0. The van der Waals surface area contributed by atoms with Crippen molar-refractivity contribution in [1.29, 1.82) is 0 Å². The molecule has 2 N–H and O–H groups in total. The van der Waals surface area contributed by atoms with Gasteiger partial charge in [0, 0.05) is 12.1 Å². The number of hydrogen-bond donors (Lipinski definition) is 2. The van der Waals surface area contributed by atoms with Gasteiger partial charge < -0.3 is 5.32 Å². The van der Waals surface area contributed by atoms with Crippen LogP contribution in [-0.2, 0) is 14.9 Å². The molecule has 0 aliphatic heterocycles. The quantitative estimate of drug-likeness (QED) is 0.385. The third-order valence-corrected chi connectivity index (χ3v) is 4.27. The molecule has 0 aromatic heterocycles. The summed E-state index contributed by atoms with van der Waals surface area (Å²) in [6.45, 7) is 2.18. The molecule has 0 spiro atoms. The van der Waals surface area contributed by atoms with Crippen molar-refractivity contribution in [2.75, 3.05) is 5.32 Å². The molecule has 7 heteroatoms. The normalized spacial score (nSPS) is 10.9. The van der Waals surface area contributed by atoms with Crippen molar-refractivity contribution < 1.29 is 17.8 Å². The van der Waals surface area contributed by atoms with E-state index in [2.05, 4.69) is 12.2 Å². The first-order valence-corrected chi connectivity index (χ1v) is 9.25. The van der Waals surface area contributed by atoms with Crippen molar-refractivity contribution in [2.24, 2.45) is 0 Å². The molecule has 23 heavy (non-hydrogen) atoms. The maximum atomic E-state index is 11.8. The standard InChI is InChI=1S/C16H25NO4S.Na.H/c1-2-3-4-5-6-7-8-12-16(18)17-14-10-9-11-15(13-14)22(19,20)21;;/h9-11,13H,2-8,12H2,1H3,(H,17,18)(H,19,20,21);;. The summed E-state index contributed by atoms with van der Waals surface area (Å²) >= 11 is 0. The Morgan fingerprint density at radius 2 is 1.70 bits per heavy atom. The van der Waals surface area contributed by atoms with Gasteiger partial charge in [-0.05, 0) is 24.6 Å². The number of carbonyl (C=O) groups excluding carboxylic acids is 1. The Labute approximate surface area is 161 Å². The summed E-state index contributed by atoms with van der Waals surface area (Å²) in [4.78, 5) is 11.6. The molecule has 0 saturated heterocycles. The van der Waals surface area contributed by atoms with E-state index in [4.69, 9.17) is 4.55 Å². The van der Waals surface area contributed by atoms with Crippen LogP contribution in [0.5, 0.6) is 0 Å². The molecule has 0 radical (unpaired) electrons. The van der Waals surface area contributed by atoms with Gasteiger partial charge in [-0.15, -0.1) is 0 Å². The summed E-state index contributed by atoms with van der Waals surface area (Å²) in [5.41, 5.74) is 0.378. The van der Waals surface area contributed by atoms with Crippen LogP contribution in [0, 0.1) is 0 Å². The summed E-state index contributed by atoms with van der Waals surface area (Å²) in [5, 5.41) is 2.65. The number of amides is 1. The van der Waals surface area contributed by atoms with E-state index in [0.717, 1.165) is 19.3 Å². The van der Waals surface area contributed by atoms with Crippen molar-refractivity contribution in [1.82, 2.24) is 0 Å². The molecule has 0 aliphatic rings. The van der Waals surface area contributed by atoms with Crippen molar-refractivity contribution in [3.8, 4) is 0 Å². The van der Waals surface area contributed by atoms with Crippen LogP contribution in [0.15, 0.2) is 29.2 Å². The van der Waals surface area contributed by atoms with Gasteiger partial charge in [-0.25, -0.2) is 0 Å². The molecule has 126 valence electrons. The fraction of sp³-hybridized carbons (Fsp3) is 0.562. The Morgan fingerprint density at radius 1 is 1.09 bits per heavy atom. The van der Waals surface area contributed by atoms with Crippen molar-refractivity contribution in [2.45, 2.75) is 63.2 Å². The molecule has 5 nitrogen and oxygen atoms in total. The maximum absolute atomic E-state index is 11.8. The fourth-order valence-electron chi connectivity index (χ4n) is 2.20. The summed E-state index contributed by atoms with van der Waals surface area (Å²) in [7, 11) is -4.24. The number of anilines is 1. The van der Waals surface area contributed by atoms with Gasteiger partial charge in [-0.2, -0.15) is 8.42 Å². The van der Waals surface area contributed by atoms with Gasteiger partial charge in [0.25, 0.3) is 10.1 Å².